The molecule has 1 saturated heterocycles. The van der Waals surface area contributed by atoms with Gasteiger partial charge in [0.2, 0.25) is 0 Å². The number of carboxylic acid groups (broad SMARTS) is 1. The molecule has 3 aromatic heterocycles. The van der Waals surface area contributed by atoms with E-state index in [1.807, 2.05) is 36.7 Å². The number of fused-ring (bicyclic) bond motifs is 2. The molecule has 1 aliphatic heterocycles. The van der Waals surface area contributed by atoms with Gasteiger partial charge in [-0.25, -0.2) is 14.8 Å². The Kier molecular flexibility index (Phi) is 4.38. The van der Waals surface area contributed by atoms with Crippen molar-refractivity contribution in [3.63, 3.8) is 0 Å². The molecule has 0 aliphatic carbocycles. The molecule has 0 radical (unpaired) electrons. The topological polar surface area (TPSA) is 83.6 Å². The molecule has 1 aromatic carbocycles. The van der Waals surface area contributed by atoms with E-state index in [0.29, 0.717) is 19.0 Å². The predicted octanol–water partition coefficient (Wildman–Crippen LogP) is 4.42. The summed E-state index contributed by atoms with van der Waals surface area (Å²) in [6, 6.07) is 10.4. The van der Waals surface area contributed by atoms with Crippen LogP contribution in [0.2, 0.25) is 0 Å². The number of rotatable bonds is 2. The number of aromatic nitrogens is 4. The molecule has 1 aliphatic rings. The lowest BCUT2D eigenvalue weighted by Crippen LogP contribution is -2.36. The molecule has 7 nitrogen and oxygen atoms in total. The fraction of sp³-hybridized carbons (Fsp3) is 0.304. The van der Waals surface area contributed by atoms with Gasteiger partial charge in [0, 0.05) is 48.0 Å². The maximum atomic E-state index is 11.1. The van der Waals surface area contributed by atoms with Crippen molar-refractivity contribution in [3.8, 4) is 11.3 Å². The van der Waals surface area contributed by atoms with E-state index in [0.717, 1.165) is 57.7 Å². The maximum absolute atomic E-state index is 11.1. The molecule has 1 fully saturated rings. The molecule has 0 bridgehead atoms. The average molecular weight is 401 g/mol. The predicted molar refractivity (Wildman–Crippen MR) is 115 cm³/mol. The third kappa shape index (κ3) is 3.26. The number of carbonyl (C=O) groups is 1. The number of piperidine rings is 1. The van der Waals surface area contributed by atoms with Gasteiger partial charge in [0.1, 0.15) is 0 Å². The summed E-state index contributed by atoms with van der Waals surface area (Å²) in [5.74, 6) is 0.306. The van der Waals surface area contributed by atoms with Crippen molar-refractivity contribution in [1.29, 1.82) is 0 Å². The molecule has 30 heavy (non-hydrogen) atoms. The Labute approximate surface area is 174 Å². The van der Waals surface area contributed by atoms with Crippen LogP contribution in [-0.4, -0.2) is 48.5 Å². The smallest absolute Gasteiger partial charge is 0.407 e. The van der Waals surface area contributed by atoms with E-state index in [9.17, 15) is 4.79 Å². The van der Waals surface area contributed by atoms with Crippen LogP contribution in [0.3, 0.4) is 0 Å². The zero-order valence-electron chi connectivity index (χ0n) is 17.0. The Morgan fingerprint density at radius 1 is 1.03 bits per heavy atom. The van der Waals surface area contributed by atoms with E-state index < -0.39 is 6.09 Å². The van der Waals surface area contributed by atoms with E-state index in [2.05, 4.69) is 29.2 Å². The molecule has 0 unspecified atom stereocenters. The molecule has 152 valence electrons. The van der Waals surface area contributed by atoms with Crippen LogP contribution in [0.1, 0.15) is 35.8 Å². The van der Waals surface area contributed by atoms with Gasteiger partial charge in [-0.3, -0.25) is 4.98 Å². The van der Waals surface area contributed by atoms with Crippen LogP contribution >= 0.6 is 0 Å². The molecule has 0 saturated carbocycles. The number of pyridine rings is 1. The lowest BCUT2D eigenvalue weighted by Gasteiger charge is -2.29. The van der Waals surface area contributed by atoms with Gasteiger partial charge in [0.15, 0.2) is 5.65 Å². The summed E-state index contributed by atoms with van der Waals surface area (Å²) < 4.78 is 2.03. The highest BCUT2D eigenvalue weighted by Gasteiger charge is 2.24. The maximum Gasteiger partial charge on any atom is 0.407 e. The summed E-state index contributed by atoms with van der Waals surface area (Å²) in [5, 5.41) is 10.2. The highest BCUT2D eigenvalue weighted by molar-refractivity contribution is 5.84. The zero-order valence-corrected chi connectivity index (χ0v) is 17.0. The van der Waals surface area contributed by atoms with Gasteiger partial charge >= 0.3 is 6.09 Å². The third-order valence-electron chi connectivity index (χ3n) is 5.92. The van der Waals surface area contributed by atoms with Gasteiger partial charge in [0.25, 0.3) is 0 Å². The molecule has 4 heterocycles. The number of benzene rings is 1. The number of likely N-dealkylation sites (tertiary alicyclic amines) is 1. The molecule has 7 heteroatoms. The van der Waals surface area contributed by atoms with Gasteiger partial charge in [0.05, 0.1) is 22.6 Å². The first kappa shape index (κ1) is 18.5. The van der Waals surface area contributed by atoms with E-state index in [-0.39, 0.29) is 0 Å². The first-order chi connectivity index (χ1) is 14.5. The third-order valence-corrected chi connectivity index (χ3v) is 5.92. The Balaban J connectivity index is 1.45. The second kappa shape index (κ2) is 7.09. The van der Waals surface area contributed by atoms with Gasteiger partial charge in [-0.2, -0.15) is 0 Å². The second-order valence-electron chi connectivity index (χ2n) is 8.01. The summed E-state index contributed by atoms with van der Waals surface area (Å²) in [5.41, 5.74) is 6.71. The average Bonchev–Trinajstić information content (AvgIpc) is 3.14. The van der Waals surface area contributed by atoms with Gasteiger partial charge in [-0.1, -0.05) is 12.1 Å². The van der Waals surface area contributed by atoms with E-state index in [1.165, 1.54) is 4.90 Å². The summed E-state index contributed by atoms with van der Waals surface area (Å²) in [4.78, 5) is 26.7. The fourth-order valence-corrected chi connectivity index (χ4v) is 4.31. The minimum absolute atomic E-state index is 0.306. The van der Waals surface area contributed by atoms with Gasteiger partial charge in [-0.15, -0.1) is 0 Å². The molecule has 4 aromatic rings. The van der Waals surface area contributed by atoms with Crippen LogP contribution in [-0.2, 0) is 0 Å². The minimum Gasteiger partial charge on any atom is -0.465 e. The molecule has 0 atom stereocenters. The Bertz CT molecular complexity index is 1270. The lowest BCUT2D eigenvalue weighted by atomic mass is 9.92. The normalized spacial score (nSPS) is 15.2. The molecular formula is C23H23N5O2. The number of imidazole rings is 1. The van der Waals surface area contributed by atoms with Crippen molar-refractivity contribution in [2.75, 3.05) is 13.1 Å². The SMILES string of the molecule is Cc1cn2cc(-c3ccc4nc(C5CCN(C(=O)O)CC5)ccc4c3)nc(C)c2n1. The van der Waals surface area contributed by atoms with Crippen molar-refractivity contribution >= 4 is 22.6 Å². The van der Waals surface area contributed by atoms with Crippen molar-refractivity contribution in [3.05, 3.63) is 59.8 Å². The van der Waals surface area contributed by atoms with Crippen molar-refractivity contribution < 1.29 is 9.90 Å². The second-order valence-corrected chi connectivity index (χ2v) is 8.01. The summed E-state index contributed by atoms with van der Waals surface area (Å²) in [6.07, 6.45) is 4.83. The molecule has 0 spiro atoms. The standard InChI is InChI=1S/C23H23N5O2/c1-14-12-28-13-21(25-15(2)22(28)24-14)18-4-6-20-17(11-18)3-5-19(26-20)16-7-9-27(10-8-16)23(29)30/h3-6,11-13,16H,7-10H2,1-2H3,(H,29,30). The fourth-order valence-electron chi connectivity index (χ4n) is 4.31. The van der Waals surface area contributed by atoms with Gasteiger partial charge < -0.3 is 14.4 Å². The highest BCUT2D eigenvalue weighted by atomic mass is 16.4. The molecule has 5 rings (SSSR count). The zero-order chi connectivity index (χ0) is 20.8. The summed E-state index contributed by atoms with van der Waals surface area (Å²) >= 11 is 0. The largest absolute Gasteiger partial charge is 0.465 e. The van der Waals surface area contributed by atoms with Crippen LogP contribution < -0.4 is 0 Å². The molecule has 1 N–H and O–H groups in total. The van der Waals surface area contributed by atoms with Crippen LogP contribution in [0, 0.1) is 13.8 Å². The number of amides is 1. The number of aryl methyl sites for hydroxylation is 2. The first-order valence-corrected chi connectivity index (χ1v) is 10.2. The lowest BCUT2D eigenvalue weighted by molar-refractivity contribution is 0.132. The van der Waals surface area contributed by atoms with Crippen molar-refractivity contribution in [1.82, 2.24) is 24.3 Å². The van der Waals surface area contributed by atoms with Crippen LogP contribution in [0.15, 0.2) is 42.7 Å². The van der Waals surface area contributed by atoms with Crippen LogP contribution in [0.25, 0.3) is 27.8 Å². The Morgan fingerprint density at radius 2 is 1.83 bits per heavy atom. The number of hydrogen-bond donors (Lipinski definition) is 1. The minimum atomic E-state index is -0.833. The van der Waals surface area contributed by atoms with Crippen LogP contribution in [0.5, 0.6) is 0 Å². The quantitative estimate of drug-likeness (QED) is 0.538. The monoisotopic (exact) mass is 401 g/mol. The van der Waals surface area contributed by atoms with Crippen LogP contribution in [0.4, 0.5) is 4.79 Å². The molecule has 1 amide bonds. The summed E-state index contributed by atoms with van der Waals surface area (Å²) in [7, 11) is 0. The first-order valence-electron chi connectivity index (χ1n) is 10.2. The van der Waals surface area contributed by atoms with Gasteiger partial charge in [-0.05, 0) is 44.9 Å². The summed E-state index contributed by atoms with van der Waals surface area (Å²) in [6.45, 7) is 5.10. The number of nitrogens with zero attached hydrogens (tertiary/aromatic N) is 5. The Morgan fingerprint density at radius 3 is 2.60 bits per heavy atom. The van der Waals surface area contributed by atoms with E-state index >= 15 is 0 Å². The molecular weight excluding hydrogens is 378 g/mol. The Hall–Kier alpha value is -3.48. The van der Waals surface area contributed by atoms with Crippen molar-refractivity contribution in [2.45, 2.75) is 32.6 Å². The van der Waals surface area contributed by atoms with E-state index in [1.54, 1.807) is 0 Å². The highest BCUT2D eigenvalue weighted by Crippen LogP contribution is 2.29. The van der Waals surface area contributed by atoms with Crippen molar-refractivity contribution in [2.24, 2.45) is 0 Å². The number of hydrogen-bond acceptors (Lipinski definition) is 4. The van der Waals surface area contributed by atoms with E-state index in [4.69, 9.17) is 15.1 Å².